The van der Waals surface area contributed by atoms with Gasteiger partial charge in [0.2, 0.25) is 0 Å². The molecule has 110 valence electrons. The molecule has 0 radical (unpaired) electrons. The zero-order valence-electron chi connectivity index (χ0n) is 11.7. The quantitative estimate of drug-likeness (QED) is 0.868. The molecule has 1 aliphatic rings. The highest BCUT2D eigenvalue weighted by molar-refractivity contribution is 5.77. The van der Waals surface area contributed by atoms with Crippen LogP contribution in [0.1, 0.15) is 12.5 Å². The van der Waals surface area contributed by atoms with Gasteiger partial charge in [-0.2, -0.15) is 0 Å². The first-order chi connectivity index (χ1) is 9.72. The highest BCUT2D eigenvalue weighted by Crippen LogP contribution is 2.13. The Morgan fingerprint density at radius 2 is 2.20 bits per heavy atom. The Morgan fingerprint density at radius 3 is 2.85 bits per heavy atom. The van der Waals surface area contributed by atoms with Crippen LogP contribution < -0.4 is 4.74 Å². The van der Waals surface area contributed by atoms with E-state index in [0.717, 1.165) is 6.42 Å². The average Bonchev–Trinajstić information content (AvgIpc) is 2.53. The maximum atomic E-state index is 12.0. The number of aryl methyl sites for hydroxylation is 1. The van der Waals surface area contributed by atoms with Crippen molar-refractivity contribution in [1.29, 1.82) is 0 Å². The highest BCUT2D eigenvalue weighted by Gasteiger charge is 2.23. The standard InChI is InChI=1S/C15H21NO4/c1-2-12-3-5-13(6-4-12)20-11-15(18)16-7-8-19-14(9-16)10-17/h3-6,14,17H,2,7-11H2,1H3. The van der Waals surface area contributed by atoms with E-state index in [1.54, 1.807) is 4.90 Å². The van der Waals surface area contributed by atoms with Gasteiger partial charge in [0.15, 0.2) is 6.61 Å². The molecule has 1 atom stereocenters. The highest BCUT2D eigenvalue weighted by atomic mass is 16.5. The molecule has 20 heavy (non-hydrogen) atoms. The maximum absolute atomic E-state index is 12.0. The summed E-state index contributed by atoms with van der Waals surface area (Å²) in [4.78, 5) is 13.7. The molecule has 5 heteroatoms. The lowest BCUT2D eigenvalue weighted by atomic mass is 10.2. The monoisotopic (exact) mass is 279 g/mol. The van der Waals surface area contributed by atoms with Gasteiger partial charge in [0.1, 0.15) is 5.75 Å². The largest absolute Gasteiger partial charge is 0.484 e. The van der Waals surface area contributed by atoms with E-state index in [-0.39, 0.29) is 25.2 Å². The second-order valence-corrected chi connectivity index (χ2v) is 4.80. The molecule has 1 aliphatic heterocycles. The first-order valence-electron chi connectivity index (χ1n) is 6.95. The summed E-state index contributed by atoms with van der Waals surface area (Å²) in [6.45, 7) is 3.48. The Labute approximate surface area is 119 Å². The van der Waals surface area contributed by atoms with Gasteiger partial charge in [0, 0.05) is 13.1 Å². The third kappa shape index (κ3) is 3.95. The van der Waals surface area contributed by atoms with E-state index < -0.39 is 0 Å². The molecule has 1 fully saturated rings. The van der Waals surface area contributed by atoms with Crippen LogP contribution in [0.3, 0.4) is 0 Å². The Morgan fingerprint density at radius 1 is 1.45 bits per heavy atom. The van der Waals surface area contributed by atoms with Crippen LogP contribution in [0.2, 0.25) is 0 Å². The van der Waals surface area contributed by atoms with Gasteiger partial charge in [-0.05, 0) is 24.1 Å². The van der Waals surface area contributed by atoms with Crippen LogP contribution in [0.4, 0.5) is 0 Å². The molecule has 2 rings (SSSR count). The van der Waals surface area contributed by atoms with Crippen molar-refractivity contribution in [2.24, 2.45) is 0 Å². The van der Waals surface area contributed by atoms with E-state index in [1.165, 1.54) is 5.56 Å². The van der Waals surface area contributed by atoms with Crippen LogP contribution in [0.5, 0.6) is 5.75 Å². The molecular formula is C15H21NO4. The number of benzene rings is 1. The number of rotatable bonds is 5. The second-order valence-electron chi connectivity index (χ2n) is 4.80. The fourth-order valence-corrected chi connectivity index (χ4v) is 2.11. The third-order valence-corrected chi connectivity index (χ3v) is 3.39. The summed E-state index contributed by atoms with van der Waals surface area (Å²) in [6, 6.07) is 7.75. The van der Waals surface area contributed by atoms with E-state index >= 15 is 0 Å². The molecular weight excluding hydrogens is 258 g/mol. The third-order valence-electron chi connectivity index (χ3n) is 3.39. The molecule has 0 aromatic heterocycles. The van der Waals surface area contributed by atoms with Gasteiger partial charge < -0.3 is 19.5 Å². The van der Waals surface area contributed by atoms with Crippen LogP contribution in [-0.4, -0.2) is 54.9 Å². The number of amides is 1. The summed E-state index contributed by atoms with van der Waals surface area (Å²) in [5.41, 5.74) is 1.24. The molecule has 0 saturated carbocycles. The van der Waals surface area contributed by atoms with Gasteiger partial charge in [-0.3, -0.25) is 4.79 Å². The SMILES string of the molecule is CCc1ccc(OCC(=O)N2CCOC(CO)C2)cc1. The number of aliphatic hydroxyl groups excluding tert-OH is 1. The molecule has 1 amide bonds. The van der Waals surface area contributed by atoms with Gasteiger partial charge in [0.25, 0.3) is 5.91 Å². The van der Waals surface area contributed by atoms with Crippen molar-refractivity contribution in [2.75, 3.05) is 32.9 Å². The lowest BCUT2D eigenvalue weighted by Crippen LogP contribution is -2.48. The fraction of sp³-hybridized carbons (Fsp3) is 0.533. The van der Waals surface area contributed by atoms with Crippen molar-refractivity contribution in [2.45, 2.75) is 19.4 Å². The van der Waals surface area contributed by atoms with Gasteiger partial charge in [-0.1, -0.05) is 19.1 Å². The summed E-state index contributed by atoms with van der Waals surface area (Å²) in [5, 5.41) is 9.05. The van der Waals surface area contributed by atoms with E-state index in [1.807, 2.05) is 24.3 Å². The van der Waals surface area contributed by atoms with Crippen molar-refractivity contribution >= 4 is 5.91 Å². The molecule has 1 saturated heterocycles. The lowest BCUT2D eigenvalue weighted by Gasteiger charge is -2.31. The molecule has 5 nitrogen and oxygen atoms in total. The minimum atomic E-state index is -0.281. The van der Waals surface area contributed by atoms with Crippen LogP contribution in [0, 0.1) is 0 Å². The van der Waals surface area contributed by atoms with Crippen molar-refractivity contribution < 1.29 is 19.4 Å². The Balaban J connectivity index is 1.81. The number of ether oxygens (including phenoxy) is 2. The van der Waals surface area contributed by atoms with E-state index in [2.05, 4.69) is 6.92 Å². The predicted octanol–water partition coefficient (Wildman–Crippen LogP) is 0.847. The zero-order chi connectivity index (χ0) is 14.4. The summed E-state index contributed by atoms with van der Waals surface area (Å²) in [5.74, 6) is 0.619. The van der Waals surface area contributed by atoms with Crippen molar-refractivity contribution in [1.82, 2.24) is 4.90 Å². The van der Waals surface area contributed by atoms with E-state index in [4.69, 9.17) is 14.6 Å². The normalized spacial score (nSPS) is 18.9. The summed E-state index contributed by atoms with van der Waals surface area (Å²) >= 11 is 0. The molecule has 1 N–H and O–H groups in total. The van der Waals surface area contributed by atoms with Gasteiger partial charge >= 0.3 is 0 Å². The molecule has 0 spiro atoms. The van der Waals surface area contributed by atoms with Crippen LogP contribution in [-0.2, 0) is 16.0 Å². The second kappa shape index (κ2) is 7.26. The lowest BCUT2D eigenvalue weighted by molar-refractivity contribution is -0.142. The zero-order valence-corrected chi connectivity index (χ0v) is 11.7. The smallest absolute Gasteiger partial charge is 0.260 e. The number of morpholine rings is 1. The first kappa shape index (κ1) is 14.8. The Bertz CT molecular complexity index is 432. The number of carbonyl (C=O) groups is 1. The van der Waals surface area contributed by atoms with Crippen molar-refractivity contribution in [3.05, 3.63) is 29.8 Å². The molecule has 1 heterocycles. The molecule has 1 unspecified atom stereocenters. The number of hydrogen-bond acceptors (Lipinski definition) is 4. The Kier molecular flexibility index (Phi) is 5.38. The topological polar surface area (TPSA) is 59.0 Å². The Hall–Kier alpha value is -1.59. The summed E-state index contributed by atoms with van der Waals surface area (Å²) in [7, 11) is 0. The van der Waals surface area contributed by atoms with Crippen LogP contribution in [0.25, 0.3) is 0 Å². The minimum Gasteiger partial charge on any atom is -0.484 e. The molecule has 1 aromatic carbocycles. The fourth-order valence-electron chi connectivity index (χ4n) is 2.11. The van der Waals surface area contributed by atoms with Gasteiger partial charge in [0.05, 0.1) is 19.3 Å². The summed E-state index contributed by atoms with van der Waals surface area (Å²) < 4.78 is 10.8. The van der Waals surface area contributed by atoms with Crippen LogP contribution in [0.15, 0.2) is 24.3 Å². The number of aliphatic hydroxyl groups is 1. The number of nitrogens with zero attached hydrogens (tertiary/aromatic N) is 1. The van der Waals surface area contributed by atoms with Gasteiger partial charge in [-0.15, -0.1) is 0 Å². The van der Waals surface area contributed by atoms with E-state index in [9.17, 15) is 4.79 Å². The molecule has 1 aromatic rings. The van der Waals surface area contributed by atoms with Crippen molar-refractivity contribution in [3.63, 3.8) is 0 Å². The molecule has 0 bridgehead atoms. The van der Waals surface area contributed by atoms with Gasteiger partial charge in [-0.25, -0.2) is 0 Å². The predicted molar refractivity (Wildman–Crippen MR) is 74.7 cm³/mol. The minimum absolute atomic E-state index is 0.0175. The number of hydrogen-bond donors (Lipinski definition) is 1. The summed E-state index contributed by atoms with van der Waals surface area (Å²) in [6.07, 6.45) is 0.701. The number of carbonyl (C=O) groups excluding carboxylic acids is 1. The van der Waals surface area contributed by atoms with Crippen LogP contribution >= 0.6 is 0 Å². The average molecular weight is 279 g/mol. The van der Waals surface area contributed by atoms with E-state index in [0.29, 0.717) is 25.4 Å². The van der Waals surface area contributed by atoms with Crippen molar-refractivity contribution in [3.8, 4) is 5.75 Å². The molecule has 0 aliphatic carbocycles. The maximum Gasteiger partial charge on any atom is 0.260 e. The first-order valence-corrected chi connectivity index (χ1v) is 6.95.